The molecule has 2 fully saturated rings. The van der Waals surface area contributed by atoms with Crippen molar-refractivity contribution in [1.82, 2.24) is 0 Å². The van der Waals surface area contributed by atoms with Gasteiger partial charge >= 0.3 is 0 Å². The second-order valence-corrected chi connectivity index (χ2v) is 3.71. The van der Waals surface area contributed by atoms with Crippen LogP contribution in [-0.4, -0.2) is 5.75 Å². The van der Waals surface area contributed by atoms with Crippen molar-refractivity contribution in [1.29, 1.82) is 0 Å². The lowest BCUT2D eigenvalue weighted by Gasteiger charge is -2.20. The highest BCUT2D eigenvalue weighted by Gasteiger charge is 2.19. The van der Waals surface area contributed by atoms with Crippen molar-refractivity contribution >= 4 is 11.8 Å². The maximum absolute atomic E-state index is 2.47. The first-order chi connectivity index (χ1) is 3.95. The van der Waals surface area contributed by atoms with E-state index < -0.39 is 0 Å². The lowest BCUT2D eigenvalue weighted by Crippen LogP contribution is -2.06. The predicted molar refractivity (Wildman–Crippen MR) is 37.9 cm³/mol. The summed E-state index contributed by atoms with van der Waals surface area (Å²) in [6.07, 6.45) is 6.86. The molecule has 1 heterocycles. The summed E-state index contributed by atoms with van der Waals surface area (Å²) in [6, 6.07) is 0. The van der Waals surface area contributed by atoms with Gasteiger partial charge in [-0.25, -0.2) is 0 Å². The van der Waals surface area contributed by atoms with Crippen LogP contribution in [0, 0.1) is 5.92 Å². The molecule has 1 heteroatoms. The van der Waals surface area contributed by atoms with Gasteiger partial charge in [0.05, 0.1) is 0 Å². The Labute approximate surface area is 54.4 Å². The highest BCUT2D eigenvalue weighted by molar-refractivity contribution is 8.11. The summed E-state index contributed by atoms with van der Waals surface area (Å²) in [7, 11) is 0. The molecule has 0 unspecified atom stereocenters. The van der Waals surface area contributed by atoms with Gasteiger partial charge in [-0.3, -0.25) is 0 Å². The minimum atomic E-state index is 0.986. The van der Waals surface area contributed by atoms with Crippen molar-refractivity contribution in [3.63, 3.8) is 0 Å². The van der Waals surface area contributed by atoms with E-state index in [1.54, 1.807) is 4.91 Å². The van der Waals surface area contributed by atoms with Crippen LogP contribution >= 0.6 is 11.8 Å². The molecule has 0 nitrogen and oxygen atoms in total. The Kier molecular flexibility index (Phi) is 1.11. The lowest BCUT2D eigenvalue weighted by atomic mass is 9.85. The van der Waals surface area contributed by atoms with Crippen LogP contribution < -0.4 is 0 Å². The van der Waals surface area contributed by atoms with Crippen LogP contribution in [-0.2, 0) is 0 Å². The van der Waals surface area contributed by atoms with E-state index in [4.69, 9.17) is 0 Å². The van der Waals surface area contributed by atoms with Crippen LogP contribution in [0.3, 0.4) is 0 Å². The average molecular weight is 126 g/mol. The topological polar surface area (TPSA) is 0 Å². The molecule has 2 rings (SSSR count). The molecule has 2 aliphatic rings. The Morgan fingerprint density at radius 2 is 2.25 bits per heavy atom. The standard InChI is InChI=1S/C7H10S/c1-2-6(3-1)4-7-5-8-7/h4,6H,1-3,5H2. The van der Waals surface area contributed by atoms with Gasteiger partial charge in [-0.05, 0) is 23.7 Å². The monoisotopic (exact) mass is 126 g/mol. The molecule has 1 saturated carbocycles. The molecule has 0 amide bonds. The van der Waals surface area contributed by atoms with Crippen LogP contribution in [0.5, 0.6) is 0 Å². The summed E-state index contributed by atoms with van der Waals surface area (Å²) >= 11 is 2.01. The third kappa shape index (κ3) is 0.921. The van der Waals surface area contributed by atoms with Gasteiger partial charge in [-0.15, -0.1) is 11.8 Å². The summed E-state index contributed by atoms with van der Waals surface area (Å²) in [5.74, 6) is 2.32. The quantitative estimate of drug-likeness (QED) is 0.486. The van der Waals surface area contributed by atoms with Crippen LogP contribution in [0.1, 0.15) is 19.3 Å². The molecule has 8 heavy (non-hydrogen) atoms. The number of allylic oxidation sites excluding steroid dienone is 1. The molecule has 0 radical (unpaired) electrons. The molecule has 0 aromatic carbocycles. The van der Waals surface area contributed by atoms with E-state index in [2.05, 4.69) is 6.08 Å². The molecular formula is C7H10S. The van der Waals surface area contributed by atoms with Crippen LogP contribution in [0.2, 0.25) is 0 Å². The molecular weight excluding hydrogens is 116 g/mol. The largest absolute Gasteiger partial charge is 0.125 e. The van der Waals surface area contributed by atoms with Crippen molar-refractivity contribution < 1.29 is 0 Å². The maximum atomic E-state index is 2.47. The summed E-state index contributed by atoms with van der Waals surface area (Å²) in [5, 5.41) is 0. The van der Waals surface area contributed by atoms with E-state index in [1.807, 2.05) is 11.8 Å². The van der Waals surface area contributed by atoms with E-state index in [9.17, 15) is 0 Å². The van der Waals surface area contributed by atoms with Gasteiger partial charge in [0, 0.05) is 5.75 Å². The Hall–Kier alpha value is 0.0900. The molecule has 44 valence electrons. The molecule has 0 bridgehead atoms. The Morgan fingerprint density at radius 1 is 1.50 bits per heavy atom. The second-order valence-electron chi connectivity index (χ2n) is 2.61. The number of hydrogen-bond acceptors (Lipinski definition) is 1. The van der Waals surface area contributed by atoms with Gasteiger partial charge in [0.25, 0.3) is 0 Å². The Balaban J connectivity index is 1.88. The predicted octanol–water partition coefficient (Wildman–Crippen LogP) is 2.42. The van der Waals surface area contributed by atoms with E-state index in [0.717, 1.165) is 5.92 Å². The zero-order valence-electron chi connectivity index (χ0n) is 4.89. The average Bonchev–Trinajstić information content (AvgIpc) is 2.36. The Bertz CT molecular complexity index is 116. The van der Waals surface area contributed by atoms with Crippen molar-refractivity contribution in [3.05, 3.63) is 11.0 Å². The van der Waals surface area contributed by atoms with Gasteiger partial charge in [0.15, 0.2) is 0 Å². The fraction of sp³-hybridized carbons (Fsp3) is 0.714. The summed E-state index contributed by atoms with van der Waals surface area (Å²) < 4.78 is 0. The van der Waals surface area contributed by atoms with E-state index in [0.29, 0.717) is 0 Å². The molecule has 1 aliphatic carbocycles. The number of thioether (sulfide) groups is 1. The van der Waals surface area contributed by atoms with E-state index in [-0.39, 0.29) is 0 Å². The molecule has 1 saturated heterocycles. The maximum Gasteiger partial charge on any atom is 0.0285 e. The first-order valence-corrected chi connectivity index (χ1v) is 4.27. The van der Waals surface area contributed by atoms with Crippen molar-refractivity contribution in [2.75, 3.05) is 5.75 Å². The van der Waals surface area contributed by atoms with Crippen LogP contribution in [0.15, 0.2) is 11.0 Å². The summed E-state index contributed by atoms with van der Waals surface area (Å²) in [6.45, 7) is 0. The van der Waals surface area contributed by atoms with Crippen molar-refractivity contribution in [2.45, 2.75) is 19.3 Å². The minimum Gasteiger partial charge on any atom is -0.125 e. The minimum absolute atomic E-state index is 0.986. The first-order valence-electron chi connectivity index (χ1n) is 3.28. The van der Waals surface area contributed by atoms with E-state index in [1.165, 1.54) is 25.0 Å². The zero-order chi connectivity index (χ0) is 5.40. The van der Waals surface area contributed by atoms with Gasteiger partial charge in [0.2, 0.25) is 0 Å². The molecule has 0 spiro atoms. The summed E-state index contributed by atoms with van der Waals surface area (Å²) in [4.78, 5) is 1.65. The number of rotatable bonds is 1. The van der Waals surface area contributed by atoms with Crippen molar-refractivity contribution in [2.24, 2.45) is 5.92 Å². The lowest BCUT2D eigenvalue weighted by molar-refractivity contribution is 0.387. The second kappa shape index (κ2) is 1.80. The highest BCUT2D eigenvalue weighted by atomic mass is 32.2. The van der Waals surface area contributed by atoms with Crippen LogP contribution in [0.4, 0.5) is 0 Å². The SMILES string of the molecule is C(=C1CS1)C1CCC1. The molecule has 0 N–H and O–H groups in total. The fourth-order valence-electron chi connectivity index (χ4n) is 1.01. The normalized spacial score (nSPS) is 32.8. The molecule has 0 atom stereocenters. The molecule has 0 aromatic heterocycles. The third-order valence-corrected chi connectivity index (χ3v) is 2.64. The Morgan fingerprint density at radius 3 is 2.62 bits per heavy atom. The fourth-order valence-corrected chi connectivity index (χ4v) is 1.48. The first kappa shape index (κ1) is 4.92. The molecule has 0 aromatic rings. The van der Waals surface area contributed by atoms with Crippen LogP contribution in [0.25, 0.3) is 0 Å². The smallest absolute Gasteiger partial charge is 0.0285 e. The summed E-state index contributed by atoms with van der Waals surface area (Å²) in [5.41, 5.74) is 0. The van der Waals surface area contributed by atoms with Gasteiger partial charge in [0.1, 0.15) is 0 Å². The highest BCUT2D eigenvalue weighted by Crippen LogP contribution is 2.40. The third-order valence-electron chi connectivity index (χ3n) is 1.88. The zero-order valence-corrected chi connectivity index (χ0v) is 5.71. The molecule has 1 aliphatic heterocycles. The van der Waals surface area contributed by atoms with E-state index >= 15 is 0 Å². The van der Waals surface area contributed by atoms with Gasteiger partial charge in [-0.2, -0.15) is 0 Å². The van der Waals surface area contributed by atoms with Gasteiger partial charge in [-0.1, -0.05) is 12.5 Å². The van der Waals surface area contributed by atoms with Gasteiger partial charge < -0.3 is 0 Å². The number of hydrogen-bond donors (Lipinski definition) is 0. The van der Waals surface area contributed by atoms with Crippen molar-refractivity contribution in [3.8, 4) is 0 Å².